The molecule has 0 atom stereocenters. The molecule has 0 fully saturated rings. The fourth-order valence-corrected chi connectivity index (χ4v) is 2.59. The van der Waals surface area contributed by atoms with Crippen LogP contribution in [0.4, 0.5) is 8.78 Å². The smallest absolute Gasteiger partial charge is 0.387 e. The topological polar surface area (TPSA) is 85.5 Å². The fourth-order valence-electron chi connectivity index (χ4n) is 2.41. The number of furan rings is 1. The number of aromatic carboxylic acids is 1. The average Bonchev–Trinajstić information content (AvgIpc) is 2.89. The van der Waals surface area contributed by atoms with E-state index in [2.05, 4.69) is 14.9 Å². The first-order valence-electron chi connectivity index (χ1n) is 6.52. The summed E-state index contributed by atoms with van der Waals surface area (Å²) in [5.74, 6) is -1.52. The van der Waals surface area contributed by atoms with Crippen molar-refractivity contribution in [1.82, 2.24) is 10.2 Å². The minimum atomic E-state index is -3.08. The van der Waals surface area contributed by atoms with Gasteiger partial charge in [-0.15, -0.1) is 5.10 Å². The molecule has 2 aromatic heterocycles. The van der Waals surface area contributed by atoms with Crippen molar-refractivity contribution in [2.24, 2.45) is 0 Å². The molecule has 0 bridgehead atoms. The minimum absolute atomic E-state index is 0.0846. The van der Waals surface area contributed by atoms with Crippen LogP contribution in [0.3, 0.4) is 0 Å². The van der Waals surface area contributed by atoms with Crippen LogP contribution < -0.4 is 4.74 Å². The number of hydrogen-bond donors (Lipinski definition) is 1. The first-order valence-corrected chi connectivity index (χ1v) is 6.90. The number of rotatable bonds is 4. The molecule has 0 saturated heterocycles. The first kappa shape index (κ1) is 15.4. The van der Waals surface area contributed by atoms with Gasteiger partial charge in [0.05, 0.1) is 16.6 Å². The Kier molecular flexibility index (Phi) is 3.77. The van der Waals surface area contributed by atoms with Crippen LogP contribution in [0.5, 0.6) is 5.75 Å². The second-order valence-corrected chi connectivity index (χ2v) is 4.95. The summed E-state index contributed by atoms with van der Waals surface area (Å²) in [6, 6.07) is 2.28. The average molecular weight is 343 g/mol. The van der Waals surface area contributed by atoms with Crippen molar-refractivity contribution in [3.8, 4) is 5.75 Å². The molecule has 3 aromatic rings. The number of fused-ring (bicyclic) bond motifs is 3. The number of carbonyl (C=O) groups is 1. The summed E-state index contributed by atoms with van der Waals surface area (Å²) in [5.41, 5.74) is 0.270. The van der Waals surface area contributed by atoms with Crippen molar-refractivity contribution in [2.75, 3.05) is 0 Å². The third-order valence-electron chi connectivity index (χ3n) is 3.32. The molecular formula is C14H9ClF2N2O4. The largest absolute Gasteiger partial charge is 0.478 e. The Labute approximate surface area is 132 Å². The second-order valence-electron chi connectivity index (χ2n) is 4.60. The zero-order valence-electron chi connectivity index (χ0n) is 11.6. The number of nitrogens with zero attached hydrogens (tertiary/aromatic N) is 2. The highest BCUT2D eigenvalue weighted by Crippen LogP contribution is 2.40. The number of aryl methyl sites for hydroxylation is 1. The van der Waals surface area contributed by atoms with Crippen LogP contribution in [0, 0.1) is 0 Å². The van der Waals surface area contributed by atoms with Gasteiger partial charge in [0, 0.05) is 5.39 Å². The summed E-state index contributed by atoms with van der Waals surface area (Å²) in [5, 5.41) is 17.4. The van der Waals surface area contributed by atoms with Crippen molar-refractivity contribution in [2.45, 2.75) is 20.0 Å². The molecule has 1 N–H and O–H groups in total. The lowest BCUT2D eigenvalue weighted by Gasteiger charge is -2.06. The molecule has 0 unspecified atom stereocenters. The predicted octanol–water partition coefficient (Wildman–Crippen LogP) is 3.89. The lowest BCUT2D eigenvalue weighted by molar-refractivity contribution is -0.0493. The molecule has 0 saturated carbocycles. The van der Waals surface area contributed by atoms with Crippen molar-refractivity contribution >= 4 is 39.5 Å². The van der Waals surface area contributed by atoms with Crippen molar-refractivity contribution in [1.29, 1.82) is 0 Å². The number of alkyl halides is 2. The molecule has 0 amide bonds. The van der Waals surface area contributed by atoms with E-state index in [1.807, 2.05) is 0 Å². The van der Waals surface area contributed by atoms with Gasteiger partial charge in [0.1, 0.15) is 0 Å². The van der Waals surface area contributed by atoms with Crippen molar-refractivity contribution in [3.63, 3.8) is 0 Å². The zero-order chi connectivity index (χ0) is 16.7. The SMILES string of the molecule is CCc1nnc(Cl)c2oc3c(OC(F)F)ccc(C(=O)O)c3c12. The lowest BCUT2D eigenvalue weighted by Crippen LogP contribution is -2.04. The van der Waals surface area contributed by atoms with Gasteiger partial charge in [-0.3, -0.25) is 0 Å². The van der Waals surface area contributed by atoms with Gasteiger partial charge in [-0.05, 0) is 18.6 Å². The van der Waals surface area contributed by atoms with Crippen LogP contribution in [0.2, 0.25) is 5.15 Å². The van der Waals surface area contributed by atoms with E-state index in [1.54, 1.807) is 6.92 Å². The van der Waals surface area contributed by atoms with Crippen molar-refractivity contribution < 1.29 is 27.8 Å². The summed E-state index contributed by atoms with van der Waals surface area (Å²) in [7, 11) is 0. The van der Waals surface area contributed by atoms with Gasteiger partial charge in [0.15, 0.2) is 22.1 Å². The van der Waals surface area contributed by atoms with E-state index in [9.17, 15) is 18.7 Å². The van der Waals surface area contributed by atoms with E-state index in [0.717, 1.165) is 6.07 Å². The van der Waals surface area contributed by atoms with Crippen LogP contribution in [0.1, 0.15) is 23.0 Å². The standard InChI is InChI=1S/C14H9ClF2N2O4/c1-2-6-9-8-5(13(20)21)3-4-7(22-14(16)17)10(8)23-11(9)12(15)19-18-6/h3-4,14H,2H2,1H3,(H,20,21). The molecule has 0 spiro atoms. The van der Waals surface area contributed by atoms with Gasteiger partial charge in [-0.25, -0.2) is 4.79 Å². The molecule has 0 aliphatic rings. The molecule has 1 aromatic carbocycles. The van der Waals surface area contributed by atoms with E-state index in [4.69, 9.17) is 16.0 Å². The van der Waals surface area contributed by atoms with Crippen LogP contribution in [-0.2, 0) is 6.42 Å². The zero-order valence-corrected chi connectivity index (χ0v) is 12.4. The van der Waals surface area contributed by atoms with Crippen LogP contribution >= 0.6 is 11.6 Å². The number of halogens is 3. The summed E-state index contributed by atoms with van der Waals surface area (Å²) in [4.78, 5) is 11.5. The predicted molar refractivity (Wildman–Crippen MR) is 77.3 cm³/mol. The van der Waals surface area contributed by atoms with E-state index >= 15 is 0 Å². The van der Waals surface area contributed by atoms with Gasteiger partial charge in [0.25, 0.3) is 0 Å². The fraction of sp³-hybridized carbons (Fsp3) is 0.214. The third kappa shape index (κ3) is 2.44. The number of benzene rings is 1. The highest BCUT2D eigenvalue weighted by molar-refractivity contribution is 6.35. The van der Waals surface area contributed by atoms with Gasteiger partial charge in [-0.1, -0.05) is 18.5 Å². The Bertz CT molecular complexity index is 926. The second kappa shape index (κ2) is 5.62. The van der Waals surface area contributed by atoms with E-state index in [1.165, 1.54) is 6.07 Å². The molecular weight excluding hydrogens is 334 g/mol. The molecule has 6 nitrogen and oxygen atoms in total. The maximum absolute atomic E-state index is 12.6. The number of carboxylic acids is 1. The Hall–Kier alpha value is -2.48. The summed E-state index contributed by atoms with van der Waals surface area (Å²) in [6.07, 6.45) is 0.425. The third-order valence-corrected chi connectivity index (χ3v) is 3.57. The molecule has 0 aliphatic heterocycles. The van der Waals surface area contributed by atoms with Crippen LogP contribution in [0.25, 0.3) is 21.9 Å². The van der Waals surface area contributed by atoms with E-state index in [0.29, 0.717) is 17.5 Å². The molecule has 0 radical (unpaired) electrons. The van der Waals surface area contributed by atoms with E-state index < -0.39 is 12.6 Å². The monoisotopic (exact) mass is 342 g/mol. The number of ether oxygens (including phenoxy) is 1. The minimum Gasteiger partial charge on any atom is -0.478 e. The number of aromatic nitrogens is 2. The molecule has 23 heavy (non-hydrogen) atoms. The van der Waals surface area contributed by atoms with Gasteiger partial charge in [0.2, 0.25) is 0 Å². The highest BCUT2D eigenvalue weighted by Gasteiger charge is 2.24. The Morgan fingerprint density at radius 3 is 2.70 bits per heavy atom. The van der Waals surface area contributed by atoms with E-state index in [-0.39, 0.29) is 33.0 Å². The van der Waals surface area contributed by atoms with Gasteiger partial charge >= 0.3 is 12.6 Å². The molecule has 3 rings (SSSR count). The summed E-state index contributed by atoms with van der Waals surface area (Å²) < 4.78 is 35.0. The first-order chi connectivity index (χ1) is 10.9. The van der Waals surface area contributed by atoms with Crippen molar-refractivity contribution in [3.05, 3.63) is 28.5 Å². The lowest BCUT2D eigenvalue weighted by atomic mass is 10.0. The quantitative estimate of drug-likeness (QED) is 0.774. The molecule has 0 aliphatic carbocycles. The Morgan fingerprint density at radius 2 is 2.09 bits per heavy atom. The maximum Gasteiger partial charge on any atom is 0.387 e. The number of hydrogen-bond acceptors (Lipinski definition) is 5. The Morgan fingerprint density at radius 1 is 1.35 bits per heavy atom. The molecule has 9 heteroatoms. The summed E-state index contributed by atoms with van der Waals surface area (Å²) >= 11 is 5.94. The van der Waals surface area contributed by atoms with Gasteiger partial charge < -0.3 is 14.3 Å². The van der Waals surface area contributed by atoms with Gasteiger partial charge in [-0.2, -0.15) is 13.9 Å². The Balaban J connectivity index is 2.51. The number of carboxylic acid groups (broad SMARTS) is 1. The maximum atomic E-state index is 12.6. The molecule has 120 valence electrons. The van der Waals surface area contributed by atoms with Crippen LogP contribution in [0.15, 0.2) is 16.5 Å². The highest BCUT2D eigenvalue weighted by atomic mass is 35.5. The normalized spacial score (nSPS) is 11.5. The molecule has 2 heterocycles. The van der Waals surface area contributed by atoms with Crippen LogP contribution in [-0.4, -0.2) is 27.9 Å². The summed E-state index contributed by atoms with van der Waals surface area (Å²) in [6.45, 7) is -1.30.